The van der Waals surface area contributed by atoms with Crippen LogP contribution in [0.1, 0.15) is 37.9 Å². The lowest BCUT2D eigenvalue weighted by Gasteiger charge is -2.25. The van der Waals surface area contributed by atoms with Crippen molar-refractivity contribution in [2.24, 2.45) is 4.99 Å². The van der Waals surface area contributed by atoms with Crippen LogP contribution in [-0.4, -0.2) is 45.0 Å². The summed E-state index contributed by atoms with van der Waals surface area (Å²) in [4.78, 5) is 34.0. The Labute approximate surface area is 219 Å². The van der Waals surface area contributed by atoms with Gasteiger partial charge in [0.2, 0.25) is 0 Å². The fraction of sp³-hybridized carbons (Fsp3) is 0.321. The number of hydrogen-bond acceptors (Lipinski definition) is 8. The molecule has 4 rings (SSSR count). The summed E-state index contributed by atoms with van der Waals surface area (Å²) in [6.07, 6.45) is 1.80. The Morgan fingerprint density at radius 1 is 1.11 bits per heavy atom. The first-order chi connectivity index (χ1) is 17.8. The van der Waals surface area contributed by atoms with E-state index in [0.717, 1.165) is 16.8 Å². The quantitative estimate of drug-likeness (QED) is 0.423. The Balaban J connectivity index is 1.89. The highest BCUT2D eigenvalue weighted by Crippen LogP contribution is 2.32. The first-order valence-corrected chi connectivity index (χ1v) is 12.9. The molecule has 1 aromatic heterocycles. The molecule has 0 saturated carbocycles. The molecule has 1 aliphatic rings. The molecule has 0 fully saturated rings. The zero-order valence-corrected chi connectivity index (χ0v) is 22.7. The number of thiazole rings is 1. The lowest BCUT2D eigenvalue weighted by atomic mass is 9.95. The summed E-state index contributed by atoms with van der Waals surface area (Å²) in [5.74, 6) is 0.748. The number of esters is 1. The summed E-state index contributed by atoms with van der Waals surface area (Å²) in [6, 6.07) is 12.7. The van der Waals surface area contributed by atoms with E-state index in [1.165, 1.54) is 11.3 Å². The third-order valence-corrected chi connectivity index (χ3v) is 7.01. The summed E-state index contributed by atoms with van der Waals surface area (Å²) in [5.41, 5.74) is 3.28. The van der Waals surface area contributed by atoms with Gasteiger partial charge in [0.1, 0.15) is 0 Å². The molecule has 0 saturated heterocycles. The van der Waals surface area contributed by atoms with Crippen molar-refractivity contribution in [3.63, 3.8) is 0 Å². The van der Waals surface area contributed by atoms with Gasteiger partial charge < -0.3 is 19.1 Å². The minimum absolute atomic E-state index is 0.228. The Bertz CT molecular complexity index is 1520. The topological polar surface area (TPSA) is 82.4 Å². The van der Waals surface area contributed by atoms with E-state index in [-0.39, 0.29) is 12.2 Å². The number of fused-ring (bicyclic) bond motifs is 1. The van der Waals surface area contributed by atoms with Crippen molar-refractivity contribution in [2.75, 3.05) is 39.3 Å². The van der Waals surface area contributed by atoms with E-state index in [9.17, 15) is 9.59 Å². The minimum Gasteiger partial charge on any atom is -0.493 e. The number of benzene rings is 2. The smallest absolute Gasteiger partial charge is 0.338 e. The maximum Gasteiger partial charge on any atom is 0.338 e. The average molecular weight is 522 g/mol. The summed E-state index contributed by atoms with van der Waals surface area (Å²) in [7, 11) is 5.50. The van der Waals surface area contributed by atoms with Gasteiger partial charge in [-0.1, -0.05) is 29.5 Å². The van der Waals surface area contributed by atoms with Crippen molar-refractivity contribution in [1.29, 1.82) is 0 Å². The molecule has 2 heterocycles. The number of ether oxygens (including phenoxy) is 3. The van der Waals surface area contributed by atoms with Crippen LogP contribution in [0.4, 0.5) is 5.69 Å². The normalized spacial score (nSPS) is 15.2. The Hall–Kier alpha value is -3.85. The van der Waals surface area contributed by atoms with E-state index in [1.54, 1.807) is 31.6 Å². The molecule has 0 amide bonds. The van der Waals surface area contributed by atoms with Crippen LogP contribution < -0.4 is 29.3 Å². The first-order valence-electron chi connectivity index (χ1n) is 12.1. The van der Waals surface area contributed by atoms with E-state index < -0.39 is 12.0 Å². The molecule has 0 radical (unpaired) electrons. The number of methoxy groups -OCH3 is 1. The molecule has 0 N–H and O–H groups in total. The van der Waals surface area contributed by atoms with E-state index in [0.29, 0.717) is 38.7 Å². The molecule has 0 unspecified atom stereocenters. The molecule has 2 aromatic carbocycles. The molecule has 0 aliphatic carbocycles. The van der Waals surface area contributed by atoms with Gasteiger partial charge in [0.05, 0.1) is 42.2 Å². The predicted octanol–water partition coefficient (Wildman–Crippen LogP) is 3.27. The van der Waals surface area contributed by atoms with Gasteiger partial charge in [-0.15, -0.1) is 0 Å². The molecule has 1 atom stereocenters. The summed E-state index contributed by atoms with van der Waals surface area (Å²) < 4.78 is 18.5. The Kier molecular flexibility index (Phi) is 7.83. The summed E-state index contributed by atoms with van der Waals surface area (Å²) in [6.45, 7) is 6.19. The van der Waals surface area contributed by atoms with Crippen LogP contribution in [0.2, 0.25) is 0 Å². The maximum atomic E-state index is 13.8. The van der Waals surface area contributed by atoms with E-state index in [4.69, 9.17) is 14.2 Å². The number of carbonyl (C=O) groups is 1. The lowest BCUT2D eigenvalue weighted by molar-refractivity contribution is -0.139. The van der Waals surface area contributed by atoms with Crippen LogP contribution in [-0.2, 0) is 9.53 Å². The van der Waals surface area contributed by atoms with Gasteiger partial charge in [-0.25, -0.2) is 9.79 Å². The van der Waals surface area contributed by atoms with Crippen LogP contribution in [0.5, 0.6) is 11.5 Å². The lowest BCUT2D eigenvalue weighted by Crippen LogP contribution is -2.39. The number of anilines is 1. The van der Waals surface area contributed by atoms with E-state index >= 15 is 0 Å². The zero-order valence-electron chi connectivity index (χ0n) is 21.9. The highest BCUT2D eigenvalue weighted by Gasteiger charge is 2.33. The molecule has 0 bridgehead atoms. The van der Waals surface area contributed by atoms with Crippen molar-refractivity contribution in [2.45, 2.75) is 26.8 Å². The van der Waals surface area contributed by atoms with Gasteiger partial charge in [0.25, 0.3) is 5.56 Å². The van der Waals surface area contributed by atoms with Crippen LogP contribution in [0.15, 0.2) is 63.5 Å². The van der Waals surface area contributed by atoms with E-state index in [2.05, 4.69) is 4.99 Å². The van der Waals surface area contributed by atoms with Crippen LogP contribution in [0.25, 0.3) is 6.08 Å². The molecule has 194 valence electrons. The van der Waals surface area contributed by atoms with Crippen molar-refractivity contribution in [3.8, 4) is 11.5 Å². The van der Waals surface area contributed by atoms with Crippen molar-refractivity contribution < 1.29 is 19.0 Å². The van der Waals surface area contributed by atoms with Gasteiger partial charge in [-0.05, 0) is 62.2 Å². The molecule has 8 nitrogen and oxygen atoms in total. The Morgan fingerprint density at radius 3 is 2.46 bits per heavy atom. The third kappa shape index (κ3) is 5.17. The van der Waals surface area contributed by atoms with Crippen molar-refractivity contribution in [1.82, 2.24) is 4.57 Å². The maximum absolute atomic E-state index is 13.8. The molecule has 3 aromatic rings. The van der Waals surface area contributed by atoms with Gasteiger partial charge >= 0.3 is 5.97 Å². The average Bonchev–Trinajstić information content (AvgIpc) is 3.18. The Morgan fingerprint density at radius 2 is 1.84 bits per heavy atom. The monoisotopic (exact) mass is 521 g/mol. The number of allylic oxidation sites excluding steroid dienone is 1. The first kappa shape index (κ1) is 26.2. The molecular weight excluding hydrogens is 490 g/mol. The fourth-order valence-electron chi connectivity index (χ4n) is 4.26. The van der Waals surface area contributed by atoms with Gasteiger partial charge in [-0.2, -0.15) is 0 Å². The molecule has 0 spiro atoms. The van der Waals surface area contributed by atoms with Gasteiger partial charge in [0.15, 0.2) is 16.3 Å². The SMILES string of the molecule is CCOC(=O)C1=C(C)N=c2s/c(=C\c3ccc(OCC)c(OC)c3)c(=O)n2[C@H]1c1ccc(N(C)C)cc1. The number of hydrogen-bond donors (Lipinski definition) is 0. The van der Waals surface area contributed by atoms with Crippen LogP contribution >= 0.6 is 11.3 Å². The van der Waals surface area contributed by atoms with Crippen molar-refractivity contribution in [3.05, 3.63) is 84.5 Å². The standard InChI is InChI=1S/C28H31N3O5S/c1-7-35-21-14-9-18(15-22(21)34-6)16-23-26(32)31-25(19-10-12-20(13-11-19)30(4)5)24(27(33)36-8-2)17(3)29-28(31)37-23/h9-16,25H,7-8H2,1-6H3/b23-16-/t25-/m0/s1. The molecule has 37 heavy (non-hydrogen) atoms. The summed E-state index contributed by atoms with van der Waals surface area (Å²) in [5, 5.41) is 0. The minimum atomic E-state index is -0.650. The number of rotatable bonds is 8. The second kappa shape index (κ2) is 11.0. The third-order valence-electron chi connectivity index (χ3n) is 6.03. The van der Waals surface area contributed by atoms with Gasteiger partial charge in [0, 0.05) is 19.8 Å². The highest BCUT2D eigenvalue weighted by atomic mass is 32.1. The van der Waals surface area contributed by atoms with Crippen LogP contribution in [0, 0.1) is 0 Å². The zero-order chi connectivity index (χ0) is 26.7. The van der Waals surface area contributed by atoms with Gasteiger partial charge in [-0.3, -0.25) is 9.36 Å². The fourth-order valence-corrected chi connectivity index (χ4v) is 5.31. The van der Waals surface area contributed by atoms with Crippen LogP contribution in [0.3, 0.4) is 0 Å². The predicted molar refractivity (Wildman–Crippen MR) is 145 cm³/mol. The largest absolute Gasteiger partial charge is 0.493 e. The molecule has 9 heteroatoms. The summed E-state index contributed by atoms with van der Waals surface area (Å²) >= 11 is 1.28. The number of aromatic nitrogens is 1. The highest BCUT2D eigenvalue weighted by molar-refractivity contribution is 7.07. The molecular formula is C28H31N3O5S. The number of carbonyl (C=O) groups excluding carboxylic acids is 1. The number of nitrogens with zero attached hydrogens (tertiary/aromatic N) is 3. The second-order valence-corrected chi connectivity index (χ2v) is 9.64. The second-order valence-electron chi connectivity index (χ2n) is 8.63. The van der Waals surface area contributed by atoms with E-state index in [1.807, 2.05) is 68.4 Å². The molecule has 1 aliphatic heterocycles. The van der Waals surface area contributed by atoms with Crippen molar-refractivity contribution >= 4 is 29.1 Å².